The topological polar surface area (TPSA) is 0 Å². The van der Waals surface area contributed by atoms with E-state index >= 15 is 0 Å². The molecule has 0 heteroatoms. The molecular formula is C37H28. The largest absolute Gasteiger partial charge is 0.0610 e. The van der Waals surface area contributed by atoms with Gasteiger partial charge in [-0.1, -0.05) is 123 Å². The van der Waals surface area contributed by atoms with E-state index in [-0.39, 0.29) is 0 Å². The molecule has 8 aromatic carbocycles. The average molecular weight is 473 g/mol. The van der Waals surface area contributed by atoms with E-state index in [0.29, 0.717) is 11.8 Å². The van der Waals surface area contributed by atoms with E-state index in [9.17, 15) is 0 Å². The molecule has 0 unspecified atom stereocenters. The van der Waals surface area contributed by atoms with Gasteiger partial charge in [0.25, 0.3) is 0 Å². The molecule has 37 heavy (non-hydrogen) atoms. The Morgan fingerprint density at radius 1 is 0.378 bits per heavy atom. The Kier molecular flexibility index (Phi) is 4.35. The first kappa shape index (κ1) is 21.0. The predicted octanol–water partition coefficient (Wildman–Crippen LogP) is 10.8. The third kappa shape index (κ3) is 3.09. The van der Waals surface area contributed by atoms with Gasteiger partial charge in [0, 0.05) is 0 Å². The second kappa shape index (κ2) is 7.67. The van der Waals surface area contributed by atoms with Gasteiger partial charge in [-0.3, -0.25) is 0 Å². The van der Waals surface area contributed by atoms with Gasteiger partial charge in [0.05, 0.1) is 0 Å². The second-order valence-electron chi connectivity index (χ2n) is 11.1. The molecule has 0 saturated heterocycles. The minimum atomic E-state index is 0.475. The van der Waals surface area contributed by atoms with Crippen LogP contribution in [-0.4, -0.2) is 0 Å². The summed E-state index contributed by atoms with van der Waals surface area (Å²) < 4.78 is 0. The van der Waals surface area contributed by atoms with Gasteiger partial charge in [-0.2, -0.15) is 0 Å². The van der Waals surface area contributed by atoms with Crippen LogP contribution in [-0.2, 0) is 0 Å². The van der Waals surface area contributed by atoms with Gasteiger partial charge in [0.2, 0.25) is 0 Å². The Balaban J connectivity index is 1.18. The Morgan fingerprint density at radius 3 is 0.973 bits per heavy atom. The quantitative estimate of drug-likeness (QED) is 0.223. The summed E-state index contributed by atoms with van der Waals surface area (Å²) in [5.41, 5.74) is 2.88. The van der Waals surface area contributed by atoms with Crippen molar-refractivity contribution in [2.24, 2.45) is 0 Å². The van der Waals surface area contributed by atoms with Crippen LogP contribution in [0.25, 0.3) is 64.6 Å². The van der Waals surface area contributed by atoms with Gasteiger partial charge < -0.3 is 0 Å². The minimum Gasteiger partial charge on any atom is -0.0610 e. The molecule has 0 bridgehead atoms. The predicted molar refractivity (Wildman–Crippen MR) is 162 cm³/mol. The summed E-state index contributed by atoms with van der Waals surface area (Å²) in [5.74, 6) is 0.949. The minimum absolute atomic E-state index is 0.475. The first-order valence-corrected chi connectivity index (χ1v) is 13.5. The van der Waals surface area contributed by atoms with Crippen LogP contribution in [0.15, 0.2) is 109 Å². The van der Waals surface area contributed by atoms with E-state index in [0.717, 1.165) is 6.42 Å². The molecule has 0 heterocycles. The van der Waals surface area contributed by atoms with Gasteiger partial charge in [-0.05, 0) is 94.0 Å². The molecule has 8 rings (SSSR count). The molecule has 0 aliphatic heterocycles. The third-order valence-corrected chi connectivity index (χ3v) is 8.82. The molecule has 0 N–H and O–H groups in total. The van der Waals surface area contributed by atoms with Crippen molar-refractivity contribution in [2.75, 3.05) is 0 Å². The lowest BCUT2D eigenvalue weighted by Crippen LogP contribution is -2.02. The number of rotatable bonds is 4. The molecule has 0 nitrogen and oxygen atoms in total. The maximum absolute atomic E-state index is 2.44. The first-order valence-electron chi connectivity index (χ1n) is 13.5. The van der Waals surface area contributed by atoms with E-state index in [4.69, 9.17) is 0 Å². The van der Waals surface area contributed by atoms with Crippen molar-refractivity contribution in [3.63, 3.8) is 0 Å². The van der Waals surface area contributed by atoms with E-state index in [1.165, 1.54) is 75.8 Å². The van der Waals surface area contributed by atoms with Crippen LogP contribution in [0.2, 0.25) is 0 Å². The fraction of sp³-hybridized carbons (Fsp3) is 0.135. The van der Waals surface area contributed by atoms with E-state index < -0.39 is 0 Å². The lowest BCUT2D eigenvalue weighted by molar-refractivity contribution is 0.594. The normalized spacial score (nSPS) is 14.1. The van der Waals surface area contributed by atoms with E-state index in [1.807, 2.05) is 0 Å². The van der Waals surface area contributed by atoms with Gasteiger partial charge in [0.15, 0.2) is 0 Å². The molecule has 2 atom stereocenters. The summed E-state index contributed by atoms with van der Waals surface area (Å²) in [7, 11) is 0. The zero-order valence-corrected chi connectivity index (χ0v) is 21.3. The number of hydrogen-bond donors (Lipinski definition) is 0. The molecule has 0 radical (unpaired) electrons. The van der Waals surface area contributed by atoms with Crippen molar-refractivity contribution in [2.45, 2.75) is 32.1 Å². The standard InChI is InChI=1S/C37H28/c1-22(32-18-28-13-9-24-5-3-6-25-10-14-29(19-32)36(28)34(24)25)17-23(2)33-20-30-15-11-26-7-4-8-27-12-16-31(21-33)37(30)35(26)27/h3-16,18-23H,17H2,1-2H3/t22-,23+. The molecule has 0 saturated carbocycles. The Bertz CT molecular complexity index is 1810. The van der Waals surface area contributed by atoms with Gasteiger partial charge in [-0.15, -0.1) is 0 Å². The van der Waals surface area contributed by atoms with Crippen LogP contribution in [0, 0.1) is 0 Å². The monoisotopic (exact) mass is 472 g/mol. The van der Waals surface area contributed by atoms with Crippen molar-refractivity contribution in [1.29, 1.82) is 0 Å². The number of benzene rings is 8. The van der Waals surface area contributed by atoms with Crippen molar-refractivity contribution >= 4 is 64.6 Å². The molecular weight excluding hydrogens is 444 g/mol. The Hall–Kier alpha value is -4.16. The lowest BCUT2D eigenvalue weighted by atomic mass is 9.83. The van der Waals surface area contributed by atoms with Gasteiger partial charge in [-0.25, -0.2) is 0 Å². The smallest absolute Gasteiger partial charge is 0.00266 e. The summed E-state index contributed by atoms with van der Waals surface area (Å²) in [5, 5.41) is 16.4. The zero-order valence-electron chi connectivity index (χ0n) is 21.3. The highest BCUT2D eigenvalue weighted by Gasteiger charge is 2.17. The van der Waals surface area contributed by atoms with Crippen LogP contribution >= 0.6 is 0 Å². The van der Waals surface area contributed by atoms with Crippen LogP contribution in [0.4, 0.5) is 0 Å². The fourth-order valence-corrected chi connectivity index (χ4v) is 6.93. The fourth-order valence-electron chi connectivity index (χ4n) is 6.93. The third-order valence-electron chi connectivity index (χ3n) is 8.82. The van der Waals surface area contributed by atoms with E-state index in [1.54, 1.807) is 0 Å². The van der Waals surface area contributed by atoms with Crippen LogP contribution in [0.1, 0.15) is 43.2 Å². The first-order chi connectivity index (χ1) is 18.1. The van der Waals surface area contributed by atoms with Gasteiger partial charge >= 0.3 is 0 Å². The molecule has 0 aromatic heterocycles. The second-order valence-corrected chi connectivity index (χ2v) is 11.1. The summed E-state index contributed by atoms with van der Waals surface area (Å²) in [6.45, 7) is 4.79. The average Bonchev–Trinajstić information content (AvgIpc) is 2.94. The van der Waals surface area contributed by atoms with Gasteiger partial charge in [0.1, 0.15) is 0 Å². The summed E-state index contributed by atoms with van der Waals surface area (Å²) in [6.07, 6.45) is 1.13. The lowest BCUT2D eigenvalue weighted by Gasteiger charge is -2.21. The summed E-state index contributed by atoms with van der Waals surface area (Å²) >= 11 is 0. The van der Waals surface area contributed by atoms with Crippen LogP contribution in [0.5, 0.6) is 0 Å². The molecule has 0 aliphatic carbocycles. The maximum atomic E-state index is 2.44. The molecule has 176 valence electrons. The molecule has 0 fully saturated rings. The van der Waals surface area contributed by atoms with Crippen molar-refractivity contribution in [3.05, 3.63) is 120 Å². The number of hydrogen-bond acceptors (Lipinski definition) is 0. The molecule has 0 aliphatic rings. The molecule has 0 spiro atoms. The highest BCUT2D eigenvalue weighted by molar-refractivity contribution is 6.24. The summed E-state index contributed by atoms with van der Waals surface area (Å²) in [6, 6.07) is 41.4. The van der Waals surface area contributed by atoms with Crippen LogP contribution in [0.3, 0.4) is 0 Å². The Labute approximate surface area is 216 Å². The zero-order chi connectivity index (χ0) is 24.7. The Morgan fingerprint density at radius 2 is 0.649 bits per heavy atom. The SMILES string of the molecule is C[C@H](C[C@H](C)c1cc2ccc3cccc4ccc(c1)c2c34)c1cc2ccc3cccc4ccc(c1)c2c34. The van der Waals surface area contributed by atoms with Crippen molar-refractivity contribution in [3.8, 4) is 0 Å². The van der Waals surface area contributed by atoms with E-state index in [2.05, 4.69) is 123 Å². The van der Waals surface area contributed by atoms with Crippen molar-refractivity contribution in [1.82, 2.24) is 0 Å². The maximum Gasteiger partial charge on any atom is -0.00266 e. The molecule has 8 aromatic rings. The molecule has 0 amide bonds. The highest BCUT2D eigenvalue weighted by atomic mass is 14.2. The highest BCUT2D eigenvalue weighted by Crippen LogP contribution is 2.40. The summed E-state index contributed by atoms with van der Waals surface area (Å²) in [4.78, 5) is 0. The van der Waals surface area contributed by atoms with Crippen molar-refractivity contribution < 1.29 is 0 Å². The van der Waals surface area contributed by atoms with Crippen LogP contribution < -0.4 is 0 Å².